The number of hydrogen-bond donors (Lipinski definition) is 3. The maximum Gasteiger partial charge on any atom is 0.162 e. The molecule has 0 atom stereocenters. The number of nitrogens with one attached hydrogen (secondary N) is 3. The zero-order chi connectivity index (χ0) is 36.2. The van der Waals surface area contributed by atoms with Crippen LogP contribution < -0.4 is 15.5 Å². The molecule has 10 nitrogen and oxygen atoms in total. The number of fused-ring (bicyclic) bond motifs is 2. The Bertz CT molecular complexity index is 1610. The molecule has 3 aromatic heterocycles. The molecule has 49 heavy (non-hydrogen) atoms. The molecule has 4 aromatic rings. The van der Waals surface area contributed by atoms with Gasteiger partial charge in [-0.15, -0.1) is 37.3 Å². The minimum absolute atomic E-state index is 0.734. The Morgan fingerprint density at radius 2 is 1.69 bits per heavy atom. The second-order valence-electron chi connectivity index (χ2n) is 11.2. The molecular formula is C38H55N9OS. The Morgan fingerprint density at radius 3 is 2.27 bits per heavy atom. The van der Waals surface area contributed by atoms with Crippen molar-refractivity contribution in [2.75, 3.05) is 77.5 Å². The van der Waals surface area contributed by atoms with E-state index in [1.54, 1.807) is 6.08 Å². The summed E-state index contributed by atoms with van der Waals surface area (Å²) in [5, 5.41) is 14.3. The first kappa shape index (κ1) is 40.7. The number of likely N-dealkylation sites (N-methyl/N-ethyl adjacent to an activating group) is 2. The minimum atomic E-state index is 0.734. The second-order valence-corrected chi connectivity index (χ2v) is 12.3. The van der Waals surface area contributed by atoms with Crippen molar-refractivity contribution in [2.45, 2.75) is 27.3 Å². The lowest BCUT2D eigenvalue weighted by atomic mass is 10.1. The van der Waals surface area contributed by atoms with Gasteiger partial charge in [-0.1, -0.05) is 31.9 Å². The van der Waals surface area contributed by atoms with Crippen LogP contribution in [-0.4, -0.2) is 103 Å². The van der Waals surface area contributed by atoms with Crippen LogP contribution in [0.3, 0.4) is 0 Å². The number of benzene rings is 1. The van der Waals surface area contributed by atoms with Gasteiger partial charge in [0.2, 0.25) is 0 Å². The van der Waals surface area contributed by atoms with Gasteiger partial charge in [0, 0.05) is 86.1 Å². The number of terminal acetylenes is 1. The summed E-state index contributed by atoms with van der Waals surface area (Å²) in [6, 6.07) is 8.42. The molecule has 0 spiro atoms. The fraction of sp³-hybridized carbons (Fsp3) is 0.395. The molecule has 2 aliphatic heterocycles. The number of piperazine rings is 1. The normalized spacial score (nSPS) is 14.4. The number of hydrogen-bond acceptors (Lipinski definition) is 10. The molecule has 2 aliphatic rings. The van der Waals surface area contributed by atoms with E-state index < -0.39 is 0 Å². The van der Waals surface area contributed by atoms with E-state index in [4.69, 9.17) is 14.7 Å². The SMILES string of the molecule is C#C.C=C.C=C(C)NCC.C=CC(=C)NCC.CN1CCN(Cc2cc3nc(-c4cccc5[nH]ncc45)nc(N4CCOCC4)c3s2)CC1. The van der Waals surface area contributed by atoms with Crippen LogP contribution in [0.5, 0.6) is 0 Å². The number of ether oxygens (including phenoxy) is 1. The first-order valence-electron chi connectivity index (χ1n) is 16.6. The van der Waals surface area contributed by atoms with Crippen molar-refractivity contribution in [3.63, 3.8) is 0 Å². The first-order chi connectivity index (χ1) is 23.8. The highest BCUT2D eigenvalue weighted by Gasteiger charge is 2.22. The van der Waals surface area contributed by atoms with E-state index in [0.29, 0.717) is 0 Å². The van der Waals surface area contributed by atoms with Crippen molar-refractivity contribution in [1.29, 1.82) is 0 Å². The summed E-state index contributed by atoms with van der Waals surface area (Å²) in [6.45, 7) is 33.3. The number of rotatable bonds is 9. The van der Waals surface area contributed by atoms with Gasteiger partial charge in [0.05, 0.1) is 35.1 Å². The summed E-state index contributed by atoms with van der Waals surface area (Å²) in [7, 11) is 2.20. The largest absolute Gasteiger partial charge is 0.389 e. The van der Waals surface area contributed by atoms with Crippen molar-refractivity contribution in [1.82, 2.24) is 40.6 Å². The molecule has 6 rings (SSSR count). The van der Waals surface area contributed by atoms with Gasteiger partial charge in [-0.2, -0.15) is 5.10 Å². The van der Waals surface area contributed by atoms with Crippen molar-refractivity contribution in [2.24, 2.45) is 0 Å². The molecule has 264 valence electrons. The third-order valence-corrected chi connectivity index (χ3v) is 8.65. The van der Waals surface area contributed by atoms with E-state index >= 15 is 0 Å². The van der Waals surface area contributed by atoms with E-state index in [9.17, 15) is 0 Å². The standard InChI is InChI=1S/C23H27N7OS.C6H11N.C5H11N.C2H4.C2H2/c1-28-5-7-29(8-6-28)15-16-13-20-21(32-16)23(30-9-11-31-12-10-30)26-22(25-20)17-3-2-4-19-18(17)14-24-27-19;1-4-6(3)7-5-2;1-4-6-5(2)3;2*1-2/h2-4,13-14H,5-12,15H2,1H3,(H,24,27);4,7H,1,3,5H2,2H3;6H,2,4H2,1,3H3;1-2H2;1-2H. The van der Waals surface area contributed by atoms with E-state index in [-0.39, 0.29) is 0 Å². The fourth-order valence-electron chi connectivity index (χ4n) is 5.14. The predicted molar refractivity (Wildman–Crippen MR) is 211 cm³/mol. The number of nitrogens with zero attached hydrogens (tertiary/aromatic N) is 6. The van der Waals surface area contributed by atoms with Crippen LogP contribution in [0.15, 0.2) is 80.8 Å². The molecule has 5 heterocycles. The van der Waals surface area contributed by atoms with Crippen molar-refractivity contribution in [3.8, 4) is 24.2 Å². The zero-order valence-electron chi connectivity index (χ0n) is 29.9. The third kappa shape index (κ3) is 12.5. The number of thiophene rings is 1. The Balaban J connectivity index is 0.000000413. The topological polar surface area (TPSA) is 97.5 Å². The maximum absolute atomic E-state index is 5.61. The number of aromatic nitrogens is 4. The van der Waals surface area contributed by atoms with Crippen molar-refractivity contribution < 1.29 is 4.74 Å². The lowest BCUT2D eigenvalue weighted by molar-refractivity contribution is 0.122. The highest BCUT2D eigenvalue weighted by molar-refractivity contribution is 7.19. The van der Waals surface area contributed by atoms with Gasteiger partial charge in [-0.3, -0.25) is 10.00 Å². The second kappa shape index (κ2) is 22.2. The number of aromatic amines is 1. The molecular weight excluding hydrogens is 631 g/mol. The lowest BCUT2D eigenvalue weighted by Gasteiger charge is -2.31. The monoisotopic (exact) mass is 685 g/mol. The lowest BCUT2D eigenvalue weighted by Crippen LogP contribution is -2.43. The highest BCUT2D eigenvalue weighted by Crippen LogP contribution is 2.36. The summed E-state index contributed by atoms with van der Waals surface area (Å²) < 4.78 is 6.78. The van der Waals surface area contributed by atoms with Crippen LogP contribution in [0.25, 0.3) is 32.5 Å². The Morgan fingerprint density at radius 1 is 1.02 bits per heavy atom. The summed E-state index contributed by atoms with van der Waals surface area (Å²) in [5.41, 5.74) is 4.98. The van der Waals surface area contributed by atoms with Gasteiger partial charge in [-0.25, -0.2) is 9.97 Å². The molecule has 11 heteroatoms. The molecule has 2 fully saturated rings. The predicted octanol–water partition coefficient (Wildman–Crippen LogP) is 6.30. The zero-order valence-corrected chi connectivity index (χ0v) is 30.7. The Hall–Kier alpha value is -4.47. The van der Waals surface area contributed by atoms with Crippen LogP contribution >= 0.6 is 11.3 Å². The van der Waals surface area contributed by atoms with Gasteiger partial charge in [0.1, 0.15) is 0 Å². The Labute approximate surface area is 297 Å². The average Bonchev–Trinajstić information content (AvgIpc) is 3.78. The summed E-state index contributed by atoms with van der Waals surface area (Å²) in [4.78, 5) is 18.8. The number of allylic oxidation sites excluding steroid dienone is 2. The fourth-order valence-corrected chi connectivity index (χ4v) is 6.30. The van der Waals surface area contributed by atoms with Gasteiger partial charge in [0.15, 0.2) is 11.6 Å². The van der Waals surface area contributed by atoms with Gasteiger partial charge < -0.3 is 25.2 Å². The number of morpholine rings is 1. The van der Waals surface area contributed by atoms with Crippen LogP contribution in [0.2, 0.25) is 0 Å². The Kier molecular flexibility index (Phi) is 18.5. The molecule has 1 aromatic carbocycles. The molecule has 0 amide bonds. The summed E-state index contributed by atoms with van der Waals surface area (Å²) in [6.07, 6.45) is 11.6. The minimum Gasteiger partial charge on any atom is -0.389 e. The van der Waals surface area contributed by atoms with Crippen molar-refractivity contribution in [3.05, 3.63) is 85.7 Å². The van der Waals surface area contributed by atoms with Crippen LogP contribution in [-0.2, 0) is 11.3 Å². The summed E-state index contributed by atoms with van der Waals surface area (Å²) in [5.74, 6) is 1.79. The molecule has 0 saturated carbocycles. The maximum atomic E-state index is 5.61. The van der Waals surface area contributed by atoms with Crippen molar-refractivity contribution >= 4 is 38.3 Å². The molecule has 0 bridgehead atoms. The third-order valence-electron chi connectivity index (χ3n) is 7.55. The van der Waals surface area contributed by atoms with Gasteiger partial charge >= 0.3 is 0 Å². The molecule has 0 radical (unpaired) electrons. The smallest absolute Gasteiger partial charge is 0.162 e. The number of H-pyrrole nitrogens is 1. The number of anilines is 1. The van der Waals surface area contributed by atoms with Gasteiger partial charge in [0.25, 0.3) is 0 Å². The first-order valence-corrected chi connectivity index (χ1v) is 17.4. The van der Waals surface area contributed by atoms with Crippen LogP contribution in [0, 0.1) is 12.8 Å². The average molecular weight is 686 g/mol. The highest BCUT2D eigenvalue weighted by atomic mass is 32.1. The van der Waals surface area contributed by atoms with Crippen LogP contribution in [0.4, 0.5) is 5.82 Å². The summed E-state index contributed by atoms with van der Waals surface area (Å²) >= 11 is 1.84. The van der Waals surface area contributed by atoms with E-state index in [1.807, 2.05) is 43.5 Å². The van der Waals surface area contributed by atoms with E-state index in [2.05, 4.69) is 107 Å². The molecule has 0 unspecified atom stereocenters. The van der Waals surface area contributed by atoms with Crippen LogP contribution in [0.1, 0.15) is 25.6 Å². The van der Waals surface area contributed by atoms with Gasteiger partial charge in [-0.05, 0) is 46.0 Å². The molecule has 0 aliphatic carbocycles. The van der Waals surface area contributed by atoms with E-state index in [1.165, 1.54) is 9.58 Å². The molecule has 3 N–H and O–H groups in total. The van der Waals surface area contributed by atoms with E-state index in [0.717, 1.165) is 117 Å². The quantitative estimate of drug-likeness (QED) is 0.107. The molecule has 2 saturated heterocycles.